The highest BCUT2D eigenvalue weighted by atomic mass is 35.5. The maximum Gasteiger partial charge on any atom is 0.341 e. The number of hydrogen-bond donors (Lipinski definition) is 2. The number of aryl methyl sites for hydroxylation is 1. The van der Waals surface area contributed by atoms with E-state index < -0.39 is 0 Å². The number of thiophene rings is 1. The van der Waals surface area contributed by atoms with Crippen LogP contribution in [0.1, 0.15) is 40.6 Å². The molecule has 2 aromatic rings. The van der Waals surface area contributed by atoms with Gasteiger partial charge in [0.05, 0.1) is 18.7 Å². The first kappa shape index (κ1) is 18.7. The number of nitrogens with one attached hydrogen (secondary N) is 2. The lowest BCUT2D eigenvalue weighted by Crippen LogP contribution is -2.22. The maximum atomic E-state index is 12.4. The monoisotopic (exact) mass is 392 g/mol. The Hall–Kier alpha value is -2.05. The van der Waals surface area contributed by atoms with E-state index >= 15 is 0 Å². The van der Waals surface area contributed by atoms with Crippen molar-refractivity contribution in [1.82, 2.24) is 0 Å². The van der Waals surface area contributed by atoms with Crippen LogP contribution in [0.15, 0.2) is 24.3 Å². The zero-order valence-corrected chi connectivity index (χ0v) is 16.1. The minimum atomic E-state index is -0.354. The van der Waals surface area contributed by atoms with E-state index in [0.29, 0.717) is 22.2 Å². The largest absolute Gasteiger partial charge is 0.462 e. The van der Waals surface area contributed by atoms with Crippen LogP contribution in [0.3, 0.4) is 0 Å². The molecule has 0 spiro atoms. The Bertz CT molecular complexity index is 802. The summed E-state index contributed by atoms with van der Waals surface area (Å²) in [5.41, 5.74) is 2.38. The summed E-state index contributed by atoms with van der Waals surface area (Å²) in [4.78, 5) is 25.9. The zero-order valence-electron chi connectivity index (χ0n) is 14.6. The van der Waals surface area contributed by atoms with Crippen LogP contribution in [0, 0.1) is 0 Å². The lowest BCUT2D eigenvalue weighted by Gasteiger charge is -2.12. The molecule has 0 bridgehead atoms. The number of carbonyl (C=O) groups excluding carboxylic acids is 2. The van der Waals surface area contributed by atoms with Gasteiger partial charge in [0.1, 0.15) is 5.00 Å². The summed E-state index contributed by atoms with van der Waals surface area (Å²) in [6.45, 7) is 2.20. The highest BCUT2D eigenvalue weighted by Crippen LogP contribution is 2.38. The van der Waals surface area contributed by atoms with Gasteiger partial charge in [0.2, 0.25) is 5.91 Å². The molecule has 0 radical (unpaired) electrons. The van der Waals surface area contributed by atoms with E-state index in [4.69, 9.17) is 16.3 Å². The van der Waals surface area contributed by atoms with Crippen molar-refractivity contribution in [3.05, 3.63) is 45.3 Å². The van der Waals surface area contributed by atoms with Gasteiger partial charge in [-0.05, 0) is 62.4 Å². The number of rotatable bonds is 6. The molecule has 0 unspecified atom stereocenters. The van der Waals surface area contributed by atoms with Crippen molar-refractivity contribution in [2.75, 3.05) is 23.8 Å². The molecule has 0 atom stereocenters. The van der Waals surface area contributed by atoms with Gasteiger partial charge in [0.15, 0.2) is 0 Å². The Morgan fingerprint density at radius 3 is 2.65 bits per heavy atom. The smallest absolute Gasteiger partial charge is 0.341 e. The van der Waals surface area contributed by atoms with Gasteiger partial charge in [-0.3, -0.25) is 4.79 Å². The van der Waals surface area contributed by atoms with Crippen LogP contribution < -0.4 is 10.6 Å². The second kappa shape index (κ2) is 8.56. The number of halogens is 1. The number of anilines is 2. The van der Waals surface area contributed by atoms with Crippen molar-refractivity contribution in [2.24, 2.45) is 0 Å². The van der Waals surface area contributed by atoms with Gasteiger partial charge in [0.25, 0.3) is 0 Å². The summed E-state index contributed by atoms with van der Waals surface area (Å²) in [6, 6.07) is 7.13. The van der Waals surface area contributed by atoms with Crippen LogP contribution in [0.4, 0.5) is 10.7 Å². The van der Waals surface area contributed by atoms with Gasteiger partial charge >= 0.3 is 5.97 Å². The molecule has 1 aliphatic carbocycles. The molecule has 1 aromatic carbocycles. The SMILES string of the molecule is CCOC(=O)c1c(NC(=O)CNc2ccc(Cl)cc2)sc2c1CCCC2. The number of amides is 1. The Morgan fingerprint density at radius 2 is 1.92 bits per heavy atom. The van der Waals surface area contributed by atoms with Crippen molar-refractivity contribution < 1.29 is 14.3 Å². The lowest BCUT2D eigenvalue weighted by atomic mass is 9.95. The minimum Gasteiger partial charge on any atom is -0.462 e. The fourth-order valence-corrected chi connectivity index (χ4v) is 4.41. The molecule has 2 N–H and O–H groups in total. The second-order valence-electron chi connectivity index (χ2n) is 6.04. The molecule has 1 aliphatic rings. The summed E-state index contributed by atoms with van der Waals surface area (Å²) in [5, 5.41) is 7.16. The third-order valence-corrected chi connectivity index (χ3v) is 5.66. The number of fused-ring (bicyclic) bond motifs is 1. The predicted molar refractivity (Wildman–Crippen MR) is 105 cm³/mol. The third kappa shape index (κ3) is 4.37. The highest BCUT2D eigenvalue weighted by molar-refractivity contribution is 7.17. The molecule has 1 heterocycles. The van der Waals surface area contributed by atoms with Gasteiger partial charge in [-0.1, -0.05) is 11.6 Å². The van der Waals surface area contributed by atoms with Crippen molar-refractivity contribution in [1.29, 1.82) is 0 Å². The van der Waals surface area contributed by atoms with Crippen LogP contribution in [0.25, 0.3) is 0 Å². The lowest BCUT2D eigenvalue weighted by molar-refractivity contribution is -0.114. The summed E-state index contributed by atoms with van der Waals surface area (Å²) in [6.07, 6.45) is 3.98. The Balaban J connectivity index is 1.71. The number of carbonyl (C=O) groups is 2. The van der Waals surface area contributed by atoms with E-state index in [9.17, 15) is 9.59 Å². The molecule has 0 aliphatic heterocycles. The summed E-state index contributed by atoms with van der Waals surface area (Å²) >= 11 is 7.34. The Labute approximate surface area is 161 Å². The molecule has 138 valence electrons. The van der Waals surface area contributed by atoms with Gasteiger partial charge in [0, 0.05) is 15.6 Å². The van der Waals surface area contributed by atoms with E-state index in [0.717, 1.165) is 36.9 Å². The van der Waals surface area contributed by atoms with Crippen LogP contribution in [-0.2, 0) is 22.4 Å². The predicted octanol–water partition coefficient (Wildman–Crippen LogP) is 4.51. The summed E-state index contributed by atoms with van der Waals surface area (Å²) < 4.78 is 5.20. The molecule has 3 rings (SSSR count). The average molecular weight is 393 g/mol. The molecule has 0 fully saturated rings. The van der Waals surface area contributed by atoms with Crippen molar-refractivity contribution in [2.45, 2.75) is 32.6 Å². The molecule has 0 saturated heterocycles. The molecule has 1 amide bonds. The average Bonchev–Trinajstić information content (AvgIpc) is 2.99. The molecule has 0 saturated carbocycles. The van der Waals surface area contributed by atoms with Crippen LogP contribution in [0.2, 0.25) is 5.02 Å². The van der Waals surface area contributed by atoms with Gasteiger partial charge in [-0.15, -0.1) is 11.3 Å². The standard InChI is InChI=1S/C19H21ClN2O3S/c1-2-25-19(24)17-14-5-3-4-6-15(14)26-18(17)22-16(23)11-21-13-9-7-12(20)8-10-13/h7-10,21H,2-6,11H2,1H3,(H,22,23). The number of ether oxygens (including phenoxy) is 1. The van der Waals surface area contributed by atoms with Gasteiger partial charge < -0.3 is 15.4 Å². The van der Waals surface area contributed by atoms with E-state index in [2.05, 4.69) is 10.6 Å². The molecule has 26 heavy (non-hydrogen) atoms. The molecular weight excluding hydrogens is 372 g/mol. The van der Waals surface area contributed by atoms with Crippen LogP contribution >= 0.6 is 22.9 Å². The fraction of sp³-hybridized carbons (Fsp3) is 0.368. The number of hydrogen-bond acceptors (Lipinski definition) is 5. The van der Waals surface area contributed by atoms with Crippen LogP contribution in [-0.4, -0.2) is 25.0 Å². The van der Waals surface area contributed by atoms with Gasteiger partial charge in [-0.2, -0.15) is 0 Å². The first-order valence-corrected chi connectivity index (χ1v) is 9.89. The number of esters is 1. The van der Waals surface area contributed by atoms with Crippen molar-refractivity contribution in [3.8, 4) is 0 Å². The van der Waals surface area contributed by atoms with E-state index in [1.165, 1.54) is 16.2 Å². The Kier molecular flexibility index (Phi) is 6.16. The summed E-state index contributed by atoms with van der Waals surface area (Å²) in [5.74, 6) is -0.558. The minimum absolute atomic E-state index is 0.104. The second-order valence-corrected chi connectivity index (χ2v) is 7.59. The molecule has 1 aromatic heterocycles. The summed E-state index contributed by atoms with van der Waals surface area (Å²) in [7, 11) is 0. The molecular formula is C19H21ClN2O3S. The fourth-order valence-electron chi connectivity index (χ4n) is 2.99. The van der Waals surface area contributed by atoms with Crippen molar-refractivity contribution >= 4 is 45.5 Å². The first-order chi connectivity index (χ1) is 12.6. The van der Waals surface area contributed by atoms with E-state index in [1.54, 1.807) is 19.1 Å². The van der Waals surface area contributed by atoms with Gasteiger partial charge in [-0.25, -0.2) is 4.79 Å². The molecule has 5 nitrogen and oxygen atoms in total. The Morgan fingerprint density at radius 1 is 1.19 bits per heavy atom. The third-order valence-electron chi connectivity index (χ3n) is 4.20. The van der Waals surface area contributed by atoms with E-state index in [-0.39, 0.29) is 18.4 Å². The van der Waals surface area contributed by atoms with Crippen molar-refractivity contribution in [3.63, 3.8) is 0 Å². The number of benzene rings is 1. The molecule has 7 heteroatoms. The topological polar surface area (TPSA) is 67.4 Å². The highest BCUT2D eigenvalue weighted by Gasteiger charge is 2.27. The quantitative estimate of drug-likeness (QED) is 0.710. The normalized spacial score (nSPS) is 13.0. The first-order valence-electron chi connectivity index (χ1n) is 8.69. The maximum absolute atomic E-state index is 12.4. The van der Waals surface area contributed by atoms with Crippen LogP contribution in [0.5, 0.6) is 0 Å². The zero-order chi connectivity index (χ0) is 18.5. The van der Waals surface area contributed by atoms with E-state index in [1.807, 2.05) is 12.1 Å².